The second kappa shape index (κ2) is 10.9. The number of nitrogens with one attached hydrogen (secondary N) is 2. The van der Waals surface area contributed by atoms with Crippen molar-refractivity contribution in [2.75, 3.05) is 27.2 Å². The van der Waals surface area contributed by atoms with Crippen LogP contribution in [0.3, 0.4) is 0 Å². The Balaban J connectivity index is 1.84. The lowest BCUT2D eigenvalue weighted by Crippen LogP contribution is -2.40. The summed E-state index contributed by atoms with van der Waals surface area (Å²) >= 11 is 11.9. The molecule has 0 bridgehead atoms. The minimum atomic E-state index is -0.287. The zero-order valence-corrected chi connectivity index (χ0v) is 20.1. The third kappa shape index (κ3) is 6.51. The molecule has 8 heteroatoms. The molecule has 0 atom stereocenters. The van der Waals surface area contributed by atoms with Gasteiger partial charge in [-0.1, -0.05) is 23.7 Å². The molecule has 0 saturated heterocycles. The second-order valence-corrected chi connectivity index (χ2v) is 8.98. The molecule has 0 radical (unpaired) electrons. The van der Waals surface area contributed by atoms with Gasteiger partial charge >= 0.3 is 0 Å². The molecule has 0 spiro atoms. The highest BCUT2D eigenvalue weighted by Gasteiger charge is 2.15. The van der Waals surface area contributed by atoms with Crippen LogP contribution in [-0.4, -0.2) is 47.1 Å². The minimum Gasteiger partial charge on any atom is -0.363 e. The molecular weight excluding hydrogens is 447 g/mol. The van der Waals surface area contributed by atoms with E-state index in [1.807, 2.05) is 38.1 Å². The third-order valence-electron chi connectivity index (χ3n) is 5.19. The lowest BCUT2D eigenvalue weighted by atomic mass is 10.1. The number of thiocarbonyl (C=S) groups is 1. The van der Waals surface area contributed by atoms with Gasteiger partial charge in [0.25, 0.3) is 5.56 Å². The molecule has 0 aliphatic carbocycles. The van der Waals surface area contributed by atoms with Crippen LogP contribution < -0.4 is 10.9 Å². The highest BCUT2D eigenvalue weighted by atomic mass is 35.5. The molecule has 0 unspecified atom stereocenters. The van der Waals surface area contributed by atoms with Crippen LogP contribution in [0.25, 0.3) is 10.9 Å². The van der Waals surface area contributed by atoms with E-state index in [0.29, 0.717) is 34.3 Å². The van der Waals surface area contributed by atoms with E-state index < -0.39 is 0 Å². The SMILES string of the molecule is Cc1cc2cc(CN(Cc3ccc(F)cc3)C(=S)NCCCN(C)C)c(=O)[nH]c2cc1Cl. The first-order chi connectivity index (χ1) is 15.2. The molecule has 3 rings (SSSR count). The number of aromatic amines is 1. The average molecular weight is 475 g/mol. The zero-order valence-electron chi connectivity index (χ0n) is 18.5. The lowest BCUT2D eigenvalue weighted by Gasteiger charge is -2.26. The van der Waals surface area contributed by atoms with E-state index in [1.165, 1.54) is 12.1 Å². The monoisotopic (exact) mass is 474 g/mol. The van der Waals surface area contributed by atoms with Gasteiger partial charge in [-0.15, -0.1) is 0 Å². The van der Waals surface area contributed by atoms with Gasteiger partial charge in [0.1, 0.15) is 5.82 Å². The van der Waals surface area contributed by atoms with Gasteiger partial charge < -0.3 is 20.1 Å². The number of benzene rings is 2. The number of hydrogen-bond donors (Lipinski definition) is 2. The number of fused-ring (bicyclic) bond motifs is 1. The number of H-pyrrole nitrogens is 1. The zero-order chi connectivity index (χ0) is 23.3. The fourth-order valence-corrected chi connectivity index (χ4v) is 3.82. The Labute approximate surface area is 198 Å². The van der Waals surface area contributed by atoms with Gasteiger partial charge in [0.2, 0.25) is 0 Å². The van der Waals surface area contributed by atoms with Gasteiger partial charge in [-0.25, -0.2) is 4.39 Å². The second-order valence-electron chi connectivity index (χ2n) is 8.18. The van der Waals surface area contributed by atoms with Crippen molar-refractivity contribution in [1.82, 2.24) is 20.1 Å². The van der Waals surface area contributed by atoms with Crippen LogP contribution in [0.4, 0.5) is 4.39 Å². The number of aryl methyl sites for hydroxylation is 1. The van der Waals surface area contributed by atoms with Gasteiger partial charge in [0, 0.05) is 29.2 Å². The molecule has 1 aromatic heterocycles. The van der Waals surface area contributed by atoms with Crippen molar-refractivity contribution in [3.05, 3.63) is 80.3 Å². The van der Waals surface area contributed by atoms with Crippen LogP contribution in [-0.2, 0) is 13.1 Å². The van der Waals surface area contributed by atoms with Crippen molar-refractivity contribution in [1.29, 1.82) is 0 Å². The Morgan fingerprint density at radius 1 is 1.16 bits per heavy atom. The molecule has 3 aromatic rings. The molecule has 0 saturated carbocycles. The fraction of sp³-hybridized carbons (Fsp3) is 0.333. The number of halogens is 2. The molecule has 2 N–H and O–H groups in total. The first kappa shape index (κ1) is 24.2. The molecule has 2 aromatic carbocycles. The average Bonchev–Trinajstić information content (AvgIpc) is 2.74. The Kier molecular flexibility index (Phi) is 8.23. The maximum atomic E-state index is 13.4. The Hall–Kier alpha value is -2.48. The first-order valence-corrected chi connectivity index (χ1v) is 11.3. The third-order valence-corrected chi connectivity index (χ3v) is 6.00. The number of rotatable bonds is 8. The predicted molar refractivity (Wildman–Crippen MR) is 134 cm³/mol. The Morgan fingerprint density at radius 2 is 1.88 bits per heavy atom. The molecule has 0 fully saturated rings. The maximum Gasteiger partial charge on any atom is 0.253 e. The Bertz CT molecular complexity index is 1150. The quantitative estimate of drug-likeness (QED) is 0.373. The number of pyridine rings is 1. The normalized spacial score (nSPS) is 11.2. The van der Waals surface area contributed by atoms with Crippen molar-refractivity contribution in [3.8, 4) is 0 Å². The van der Waals surface area contributed by atoms with E-state index in [2.05, 4.69) is 15.2 Å². The van der Waals surface area contributed by atoms with Crippen molar-refractivity contribution in [2.24, 2.45) is 0 Å². The Morgan fingerprint density at radius 3 is 2.56 bits per heavy atom. The van der Waals surface area contributed by atoms with Crippen LogP contribution in [0.15, 0.2) is 47.3 Å². The first-order valence-electron chi connectivity index (χ1n) is 10.5. The standard InChI is InChI=1S/C24H28ClFN4OS/c1-16-11-18-12-19(23(31)28-22(18)13-21(16)25)15-30(14-17-5-7-20(26)8-6-17)24(32)27-9-4-10-29(2)3/h5-8,11-13H,4,9-10,14-15H2,1-3H3,(H,27,32)(H,28,31). The summed E-state index contributed by atoms with van der Waals surface area (Å²) in [5.74, 6) is -0.287. The smallest absolute Gasteiger partial charge is 0.253 e. The van der Waals surface area contributed by atoms with Crippen molar-refractivity contribution < 1.29 is 4.39 Å². The highest BCUT2D eigenvalue weighted by molar-refractivity contribution is 7.80. The van der Waals surface area contributed by atoms with Gasteiger partial charge in [0.15, 0.2) is 5.11 Å². The van der Waals surface area contributed by atoms with Crippen LogP contribution in [0.5, 0.6) is 0 Å². The molecule has 32 heavy (non-hydrogen) atoms. The molecular formula is C24H28ClFN4OS. The van der Waals surface area contributed by atoms with Crippen LogP contribution in [0, 0.1) is 12.7 Å². The van der Waals surface area contributed by atoms with Crippen LogP contribution in [0.1, 0.15) is 23.1 Å². The maximum absolute atomic E-state index is 13.4. The summed E-state index contributed by atoms with van der Waals surface area (Å²) in [5, 5.41) is 5.37. The van der Waals surface area contributed by atoms with Crippen LogP contribution in [0.2, 0.25) is 5.02 Å². The largest absolute Gasteiger partial charge is 0.363 e. The van der Waals surface area contributed by atoms with Crippen molar-refractivity contribution in [3.63, 3.8) is 0 Å². The molecule has 0 amide bonds. The number of aromatic nitrogens is 1. The molecule has 170 valence electrons. The van der Waals surface area contributed by atoms with Crippen molar-refractivity contribution >= 4 is 39.8 Å². The van der Waals surface area contributed by atoms with E-state index in [4.69, 9.17) is 23.8 Å². The molecule has 0 aliphatic heterocycles. The number of hydrogen-bond acceptors (Lipinski definition) is 3. The fourth-order valence-electron chi connectivity index (χ4n) is 3.42. The summed E-state index contributed by atoms with van der Waals surface area (Å²) in [6.07, 6.45) is 0.939. The molecule has 1 heterocycles. The molecule has 5 nitrogen and oxygen atoms in total. The molecule has 0 aliphatic rings. The lowest BCUT2D eigenvalue weighted by molar-refractivity contribution is 0.383. The summed E-state index contributed by atoms with van der Waals surface area (Å²) in [6, 6.07) is 11.9. The topological polar surface area (TPSA) is 51.4 Å². The number of nitrogens with zero attached hydrogens (tertiary/aromatic N) is 2. The summed E-state index contributed by atoms with van der Waals surface area (Å²) in [5.41, 5.74) is 2.96. The van der Waals surface area contributed by atoms with Gasteiger partial charge in [0.05, 0.1) is 6.54 Å². The van der Waals surface area contributed by atoms with Crippen LogP contribution >= 0.6 is 23.8 Å². The van der Waals surface area contributed by atoms with Gasteiger partial charge in [-0.05, 0) is 93.0 Å². The summed E-state index contributed by atoms with van der Waals surface area (Å²) in [6.45, 7) is 4.38. The van der Waals surface area contributed by atoms with E-state index in [1.54, 1.807) is 18.2 Å². The van der Waals surface area contributed by atoms with E-state index in [-0.39, 0.29) is 11.4 Å². The van der Waals surface area contributed by atoms with Gasteiger partial charge in [-0.3, -0.25) is 4.79 Å². The highest BCUT2D eigenvalue weighted by Crippen LogP contribution is 2.22. The minimum absolute atomic E-state index is 0.183. The van der Waals surface area contributed by atoms with Gasteiger partial charge in [-0.2, -0.15) is 0 Å². The van der Waals surface area contributed by atoms with Crippen molar-refractivity contribution in [2.45, 2.75) is 26.4 Å². The van der Waals surface area contributed by atoms with E-state index in [9.17, 15) is 9.18 Å². The van der Waals surface area contributed by atoms with E-state index >= 15 is 0 Å². The van der Waals surface area contributed by atoms with E-state index in [0.717, 1.165) is 36.0 Å². The summed E-state index contributed by atoms with van der Waals surface area (Å²) in [7, 11) is 4.06. The summed E-state index contributed by atoms with van der Waals surface area (Å²) in [4.78, 5) is 19.7. The predicted octanol–water partition coefficient (Wildman–Crippen LogP) is 4.46. The summed E-state index contributed by atoms with van der Waals surface area (Å²) < 4.78 is 13.4.